The molecule has 3 aromatic rings. The van der Waals surface area contributed by atoms with Crippen molar-refractivity contribution in [3.8, 4) is 17.0 Å². The first-order valence-electron chi connectivity index (χ1n) is 11.1. The summed E-state index contributed by atoms with van der Waals surface area (Å²) in [6.45, 7) is 2.29. The number of anilines is 2. The number of thiazole rings is 1. The van der Waals surface area contributed by atoms with Crippen LogP contribution in [0.25, 0.3) is 11.3 Å². The van der Waals surface area contributed by atoms with Gasteiger partial charge in [0.05, 0.1) is 18.9 Å². The molecule has 1 saturated heterocycles. The van der Waals surface area contributed by atoms with E-state index in [0.717, 1.165) is 22.6 Å². The van der Waals surface area contributed by atoms with Gasteiger partial charge < -0.3 is 25.4 Å². The van der Waals surface area contributed by atoms with Crippen molar-refractivity contribution in [3.05, 3.63) is 59.5 Å². The molecule has 0 radical (unpaired) electrons. The summed E-state index contributed by atoms with van der Waals surface area (Å²) >= 11 is 1.43. The normalized spacial score (nSPS) is 17.4. The zero-order valence-corrected chi connectivity index (χ0v) is 20.0. The van der Waals surface area contributed by atoms with Crippen LogP contribution in [-0.4, -0.2) is 54.2 Å². The summed E-state index contributed by atoms with van der Waals surface area (Å²) in [7, 11) is 1.63. The first kappa shape index (κ1) is 23.7. The first-order valence-corrected chi connectivity index (χ1v) is 12.0. The Morgan fingerprint density at radius 1 is 1.24 bits per heavy atom. The number of carbonyl (C=O) groups excluding carboxylic acids is 2. The smallest absolute Gasteiger partial charge is 0.242 e. The van der Waals surface area contributed by atoms with Gasteiger partial charge in [0.2, 0.25) is 11.8 Å². The summed E-state index contributed by atoms with van der Waals surface area (Å²) in [4.78, 5) is 30.9. The highest BCUT2D eigenvalue weighted by Crippen LogP contribution is 2.33. The van der Waals surface area contributed by atoms with Gasteiger partial charge in [0.1, 0.15) is 11.8 Å². The predicted octanol–water partition coefficient (Wildman–Crippen LogP) is 3.08. The van der Waals surface area contributed by atoms with Gasteiger partial charge in [0, 0.05) is 43.1 Å². The number of rotatable bonds is 8. The van der Waals surface area contributed by atoms with E-state index >= 15 is 0 Å². The molecule has 2 heterocycles. The third kappa shape index (κ3) is 5.55. The number of carbonyl (C=O) groups is 2. The number of nitrogens with one attached hydrogen (secondary N) is 2. The summed E-state index contributed by atoms with van der Waals surface area (Å²) in [5, 5.41) is 18.7. The second-order valence-electron chi connectivity index (χ2n) is 8.19. The molecule has 0 bridgehead atoms. The van der Waals surface area contributed by atoms with E-state index < -0.39 is 12.1 Å². The Morgan fingerprint density at radius 3 is 2.85 bits per heavy atom. The van der Waals surface area contributed by atoms with Crippen LogP contribution in [-0.2, 0) is 16.0 Å². The van der Waals surface area contributed by atoms with E-state index in [1.165, 1.54) is 18.3 Å². The zero-order chi connectivity index (χ0) is 24.1. The lowest BCUT2D eigenvalue weighted by Gasteiger charge is -2.23. The van der Waals surface area contributed by atoms with E-state index in [1.54, 1.807) is 7.11 Å². The molecule has 2 aromatic carbocycles. The highest BCUT2D eigenvalue weighted by atomic mass is 32.1. The van der Waals surface area contributed by atoms with Crippen LogP contribution in [0.15, 0.2) is 53.9 Å². The molecule has 4 rings (SSSR count). The molecule has 3 N–H and O–H groups in total. The molecule has 1 aliphatic rings. The van der Waals surface area contributed by atoms with E-state index in [2.05, 4.69) is 10.6 Å². The Kier molecular flexibility index (Phi) is 7.44. The van der Waals surface area contributed by atoms with Gasteiger partial charge in [-0.2, -0.15) is 0 Å². The van der Waals surface area contributed by atoms with Crippen LogP contribution in [0.1, 0.15) is 18.9 Å². The fourth-order valence-corrected chi connectivity index (χ4v) is 5.00. The van der Waals surface area contributed by atoms with Crippen LogP contribution < -0.4 is 20.3 Å². The Balaban J connectivity index is 1.43. The van der Waals surface area contributed by atoms with Gasteiger partial charge >= 0.3 is 0 Å². The average molecular weight is 481 g/mol. The van der Waals surface area contributed by atoms with Crippen molar-refractivity contribution in [1.29, 1.82) is 0 Å². The first-order chi connectivity index (χ1) is 16.4. The molecule has 8 nitrogen and oxygen atoms in total. The number of benzene rings is 2. The van der Waals surface area contributed by atoms with Crippen LogP contribution in [0.4, 0.5) is 10.8 Å². The molecule has 0 spiro atoms. The summed E-state index contributed by atoms with van der Waals surface area (Å²) < 4.78 is 5.38. The summed E-state index contributed by atoms with van der Waals surface area (Å²) in [6.07, 6.45) is 0.408. The van der Waals surface area contributed by atoms with Crippen molar-refractivity contribution >= 4 is 34.0 Å². The monoisotopic (exact) mass is 480 g/mol. The number of nitrogens with zero attached hydrogens (tertiary/aromatic N) is 2. The molecule has 34 heavy (non-hydrogen) atoms. The van der Waals surface area contributed by atoms with E-state index in [-0.39, 0.29) is 11.8 Å². The largest absolute Gasteiger partial charge is 0.496 e. The Labute approximate surface area is 202 Å². The molecule has 2 amide bonds. The maximum Gasteiger partial charge on any atom is 0.242 e. The molecule has 9 heteroatoms. The second-order valence-corrected chi connectivity index (χ2v) is 9.02. The lowest BCUT2D eigenvalue weighted by molar-refractivity contribution is -0.122. The molecule has 0 saturated carbocycles. The number of para-hydroxylation sites is 1. The van der Waals surface area contributed by atoms with E-state index in [9.17, 15) is 14.7 Å². The molecule has 1 aliphatic heterocycles. The number of β-amino-alcohol motifs (C(OH)–C–C–N with tert-alkyl or cyclic N) is 1. The quantitative estimate of drug-likeness (QED) is 0.458. The number of hydrogen-bond donors (Lipinski definition) is 3. The Hall–Kier alpha value is -3.43. The summed E-state index contributed by atoms with van der Waals surface area (Å²) in [6, 6.07) is 14.7. The SMILES string of the molecule is COc1ccccc1CCNC(=O)[C@@H]1CC(O)CN1c1nc(-c2cccc(NC(C)=O)c2)cs1. The van der Waals surface area contributed by atoms with Crippen LogP contribution in [0.2, 0.25) is 0 Å². The van der Waals surface area contributed by atoms with Gasteiger partial charge in [-0.3, -0.25) is 9.59 Å². The lowest BCUT2D eigenvalue weighted by Crippen LogP contribution is -2.44. The fraction of sp³-hybridized carbons (Fsp3) is 0.320. The maximum absolute atomic E-state index is 13.0. The lowest BCUT2D eigenvalue weighted by atomic mass is 10.1. The average Bonchev–Trinajstić information content (AvgIpc) is 3.46. The minimum absolute atomic E-state index is 0.129. The maximum atomic E-state index is 13.0. The highest BCUT2D eigenvalue weighted by molar-refractivity contribution is 7.14. The van der Waals surface area contributed by atoms with Crippen molar-refractivity contribution in [2.24, 2.45) is 0 Å². The molecule has 178 valence electrons. The van der Waals surface area contributed by atoms with Crippen LogP contribution in [0, 0.1) is 0 Å². The van der Waals surface area contributed by atoms with Gasteiger partial charge in [-0.1, -0.05) is 30.3 Å². The van der Waals surface area contributed by atoms with Gasteiger partial charge in [-0.25, -0.2) is 4.98 Å². The van der Waals surface area contributed by atoms with Crippen molar-refractivity contribution in [2.45, 2.75) is 31.9 Å². The van der Waals surface area contributed by atoms with Crippen LogP contribution >= 0.6 is 11.3 Å². The number of amides is 2. The number of methoxy groups -OCH3 is 1. The summed E-state index contributed by atoms with van der Waals surface area (Å²) in [5.74, 6) is 0.533. The van der Waals surface area contributed by atoms with Gasteiger partial charge in [0.15, 0.2) is 5.13 Å². The number of hydrogen-bond acceptors (Lipinski definition) is 7. The number of ether oxygens (including phenoxy) is 1. The minimum atomic E-state index is -0.597. The Bertz CT molecular complexity index is 1170. The zero-order valence-electron chi connectivity index (χ0n) is 19.2. The molecular weight excluding hydrogens is 452 g/mol. The topological polar surface area (TPSA) is 104 Å². The van der Waals surface area contributed by atoms with Crippen molar-refractivity contribution in [2.75, 3.05) is 30.4 Å². The molecule has 1 unspecified atom stereocenters. The number of aliphatic hydroxyl groups is 1. The van der Waals surface area contributed by atoms with Gasteiger partial charge in [-0.05, 0) is 30.2 Å². The minimum Gasteiger partial charge on any atom is -0.496 e. The van der Waals surface area contributed by atoms with Crippen LogP contribution in [0.5, 0.6) is 5.75 Å². The molecule has 1 fully saturated rings. The van der Waals surface area contributed by atoms with Gasteiger partial charge in [0.25, 0.3) is 0 Å². The standard InChI is InChI=1S/C25H28N4O4S/c1-16(30)27-19-8-5-7-18(12-19)21-15-34-25(28-21)29-14-20(31)13-22(29)24(32)26-11-10-17-6-3-4-9-23(17)33-2/h3-9,12,15,20,22,31H,10-11,13-14H2,1-2H3,(H,26,32)(H,27,30)/t20?,22-/m0/s1. The molecule has 1 aromatic heterocycles. The van der Waals surface area contributed by atoms with Crippen molar-refractivity contribution < 1.29 is 19.4 Å². The third-order valence-corrected chi connectivity index (χ3v) is 6.56. The number of aliphatic hydroxyl groups excluding tert-OH is 1. The molecular formula is C25H28N4O4S. The fourth-order valence-electron chi connectivity index (χ4n) is 4.11. The predicted molar refractivity (Wildman–Crippen MR) is 133 cm³/mol. The molecule has 0 aliphatic carbocycles. The highest BCUT2D eigenvalue weighted by Gasteiger charge is 2.37. The molecule has 2 atom stereocenters. The number of aromatic nitrogens is 1. The van der Waals surface area contributed by atoms with Gasteiger partial charge in [-0.15, -0.1) is 11.3 Å². The second kappa shape index (κ2) is 10.7. The van der Waals surface area contributed by atoms with Crippen LogP contribution in [0.3, 0.4) is 0 Å². The van der Waals surface area contributed by atoms with E-state index in [1.807, 2.05) is 58.8 Å². The summed E-state index contributed by atoms with van der Waals surface area (Å²) in [5.41, 5.74) is 3.35. The van der Waals surface area contributed by atoms with E-state index in [4.69, 9.17) is 9.72 Å². The van der Waals surface area contributed by atoms with E-state index in [0.29, 0.717) is 36.8 Å². The third-order valence-electron chi connectivity index (χ3n) is 5.68. The van der Waals surface area contributed by atoms with Crippen molar-refractivity contribution in [3.63, 3.8) is 0 Å². The van der Waals surface area contributed by atoms with Crippen molar-refractivity contribution in [1.82, 2.24) is 10.3 Å². The Morgan fingerprint density at radius 2 is 2.06 bits per heavy atom.